The highest BCUT2D eigenvalue weighted by atomic mass is 32.2. The molecule has 3 N–H and O–H groups in total. The van der Waals surface area contributed by atoms with Crippen LogP contribution in [0, 0.1) is 0 Å². The maximum absolute atomic E-state index is 11.8. The lowest BCUT2D eigenvalue weighted by molar-refractivity contribution is -0.120. The number of nitrogens with one attached hydrogen (secondary N) is 1. The molecule has 1 amide bonds. The van der Waals surface area contributed by atoms with Gasteiger partial charge >= 0.3 is 0 Å². The van der Waals surface area contributed by atoms with Crippen molar-refractivity contribution < 1.29 is 13.2 Å². The van der Waals surface area contributed by atoms with Crippen molar-refractivity contribution in [3.05, 3.63) is 0 Å². The van der Waals surface area contributed by atoms with Crippen molar-refractivity contribution in [1.82, 2.24) is 5.32 Å². The predicted octanol–water partition coefficient (Wildman–Crippen LogP) is 0.0532. The summed E-state index contributed by atoms with van der Waals surface area (Å²) in [6.07, 6.45) is 1.81. The lowest BCUT2D eigenvalue weighted by Crippen LogP contribution is -2.43. The van der Waals surface area contributed by atoms with E-state index in [0.717, 1.165) is 12.8 Å². The van der Waals surface area contributed by atoms with Crippen LogP contribution in [0.5, 0.6) is 0 Å². The minimum absolute atomic E-state index is 0.0366. The first kappa shape index (κ1) is 15.4. The standard InChI is InChI=1S/C10H22N2O3S/c1-4-5-6-12-10(13)9(3)16(14,15)8(2)7-11/h8-9H,4-7,11H2,1-3H3,(H,12,13). The molecular weight excluding hydrogens is 228 g/mol. The molecule has 2 atom stereocenters. The molecule has 6 heteroatoms. The topological polar surface area (TPSA) is 89.3 Å². The second-order valence-corrected chi connectivity index (χ2v) is 6.61. The molecule has 0 saturated heterocycles. The summed E-state index contributed by atoms with van der Waals surface area (Å²) in [5, 5.41) is 0.903. The van der Waals surface area contributed by atoms with Gasteiger partial charge in [-0.05, 0) is 20.3 Å². The number of sulfone groups is 1. The van der Waals surface area contributed by atoms with Crippen LogP contribution in [0.15, 0.2) is 0 Å². The summed E-state index contributed by atoms with van der Waals surface area (Å²) in [6, 6.07) is 0. The van der Waals surface area contributed by atoms with Gasteiger partial charge in [0.25, 0.3) is 0 Å². The van der Waals surface area contributed by atoms with E-state index in [0.29, 0.717) is 6.54 Å². The van der Waals surface area contributed by atoms with Gasteiger partial charge in [0.05, 0.1) is 5.25 Å². The number of carbonyl (C=O) groups excluding carboxylic acids is 1. The van der Waals surface area contributed by atoms with E-state index in [-0.39, 0.29) is 6.54 Å². The average molecular weight is 250 g/mol. The molecule has 0 radical (unpaired) electrons. The Morgan fingerprint density at radius 1 is 1.38 bits per heavy atom. The molecule has 0 aliphatic rings. The third-order valence-corrected chi connectivity index (χ3v) is 5.10. The first-order valence-corrected chi connectivity index (χ1v) is 7.19. The number of hydrogen-bond donors (Lipinski definition) is 2. The highest BCUT2D eigenvalue weighted by Gasteiger charge is 2.31. The van der Waals surface area contributed by atoms with E-state index >= 15 is 0 Å². The highest BCUT2D eigenvalue weighted by Crippen LogP contribution is 2.08. The molecule has 0 aliphatic carbocycles. The van der Waals surface area contributed by atoms with Gasteiger partial charge in [-0.25, -0.2) is 8.42 Å². The molecule has 0 aliphatic heterocycles. The van der Waals surface area contributed by atoms with Crippen LogP contribution in [-0.2, 0) is 14.6 Å². The fourth-order valence-corrected chi connectivity index (χ4v) is 2.51. The van der Waals surface area contributed by atoms with E-state index in [2.05, 4.69) is 5.32 Å². The lowest BCUT2D eigenvalue weighted by Gasteiger charge is -2.17. The summed E-state index contributed by atoms with van der Waals surface area (Å²) in [6.45, 7) is 5.48. The number of nitrogens with two attached hydrogens (primary N) is 1. The van der Waals surface area contributed by atoms with Gasteiger partial charge in [-0.1, -0.05) is 13.3 Å². The second kappa shape index (κ2) is 6.85. The van der Waals surface area contributed by atoms with Crippen molar-refractivity contribution >= 4 is 15.7 Å². The molecule has 2 unspecified atom stereocenters. The Hall–Kier alpha value is -0.620. The van der Waals surface area contributed by atoms with Gasteiger partial charge in [-0.2, -0.15) is 0 Å². The van der Waals surface area contributed by atoms with Crippen LogP contribution < -0.4 is 11.1 Å². The van der Waals surface area contributed by atoms with Gasteiger partial charge in [0, 0.05) is 13.1 Å². The largest absolute Gasteiger partial charge is 0.355 e. The van der Waals surface area contributed by atoms with Crippen LogP contribution in [0.2, 0.25) is 0 Å². The van der Waals surface area contributed by atoms with Crippen LogP contribution in [0.25, 0.3) is 0 Å². The van der Waals surface area contributed by atoms with Crippen LogP contribution in [0.4, 0.5) is 0 Å². The predicted molar refractivity (Wildman–Crippen MR) is 64.8 cm³/mol. The summed E-state index contributed by atoms with van der Waals surface area (Å²) in [5.41, 5.74) is 5.31. The Labute approximate surface area is 97.7 Å². The maximum atomic E-state index is 11.8. The monoisotopic (exact) mass is 250 g/mol. The Morgan fingerprint density at radius 3 is 2.38 bits per heavy atom. The first-order valence-electron chi connectivity index (χ1n) is 5.58. The maximum Gasteiger partial charge on any atom is 0.238 e. The normalized spacial score (nSPS) is 15.5. The van der Waals surface area contributed by atoms with Crippen LogP contribution >= 0.6 is 0 Å². The molecule has 0 aromatic heterocycles. The van der Waals surface area contributed by atoms with Crippen molar-refractivity contribution in [2.45, 2.75) is 44.1 Å². The molecule has 96 valence electrons. The zero-order valence-corrected chi connectivity index (χ0v) is 11.0. The van der Waals surface area contributed by atoms with Gasteiger partial charge < -0.3 is 11.1 Å². The summed E-state index contributed by atoms with van der Waals surface area (Å²) < 4.78 is 23.6. The number of carbonyl (C=O) groups is 1. The molecule has 0 heterocycles. The molecule has 0 rings (SSSR count). The van der Waals surface area contributed by atoms with E-state index < -0.39 is 26.2 Å². The van der Waals surface area contributed by atoms with Crippen LogP contribution in [-0.4, -0.2) is 37.9 Å². The van der Waals surface area contributed by atoms with Gasteiger partial charge in [0.2, 0.25) is 5.91 Å². The summed E-state index contributed by atoms with van der Waals surface area (Å²) in [7, 11) is -3.46. The zero-order chi connectivity index (χ0) is 12.8. The van der Waals surface area contributed by atoms with E-state index in [4.69, 9.17) is 5.73 Å². The zero-order valence-electron chi connectivity index (χ0n) is 10.2. The van der Waals surface area contributed by atoms with Gasteiger partial charge in [0.15, 0.2) is 9.84 Å². The van der Waals surface area contributed by atoms with Crippen molar-refractivity contribution in [3.8, 4) is 0 Å². The SMILES string of the molecule is CCCCNC(=O)C(C)S(=O)(=O)C(C)CN. The number of rotatable bonds is 7. The highest BCUT2D eigenvalue weighted by molar-refractivity contribution is 7.93. The quantitative estimate of drug-likeness (QED) is 0.625. The molecule has 0 fully saturated rings. The number of unbranched alkanes of at least 4 members (excludes halogenated alkanes) is 1. The van der Waals surface area contributed by atoms with Crippen LogP contribution in [0.3, 0.4) is 0 Å². The lowest BCUT2D eigenvalue weighted by atomic mass is 10.3. The van der Waals surface area contributed by atoms with Crippen molar-refractivity contribution in [2.75, 3.05) is 13.1 Å². The van der Waals surface area contributed by atoms with E-state index in [1.807, 2.05) is 6.92 Å². The third-order valence-electron chi connectivity index (χ3n) is 2.58. The second-order valence-electron chi connectivity index (χ2n) is 3.92. The molecule has 0 spiro atoms. The van der Waals surface area contributed by atoms with Crippen molar-refractivity contribution in [1.29, 1.82) is 0 Å². The molecular formula is C10H22N2O3S. The number of amides is 1. The third kappa shape index (κ3) is 4.09. The van der Waals surface area contributed by atoms with Gasteiger partial charge in [0.1, 0.15) is 5.25 Å². The van der Waals surface area contributed by atoms with Crippen LogP contribution in [0.1, 0.15) is 33.6 Å². The van der Waals surface area contributed by atoms with Crippen molar-refractivity contribution in [3.63, 3.8) is 0 Å². The molecule has 0 saturated carbocycles. The van der Waals surface area contributed by atoms with E-state index in [1.165, 1.54) is 13.8 Å². The Bertz CT molecular complexity index is 314. The minimum Gasteiger partial charge on any atom is -0.355 e. The fraction of sp³-hybridized carbons (Fsp3) is 0.900. The molecule has 0 aromatic rings. The Kier molecular flexibility index (Phi) is 6.59. The minimum atomic E-state index is -3.46. The van der Waals surface area contributed by atoms with Gasteiger partial charge in [-0.3, -0.25) is 4.79 Å². The van der Waals surface area contributed by atoms with E-state index in [1.54, 1.807) is 0 Å². The molecule has 16 heavy (non-hydrogen) atoms. The summed E-state index contributed by atoms with van der Waals surface area (Å²) in [4.78, 5) is 11.6. The average Bonchev–Trinajstić information content (AvgIpc) is 2.26. The summed E-state index contributed by atoms with van der Waals surface area (Å²) in [5.74, 6) is -0.436. The Balaban J connectivity index is 4.43. The van der Waals surface area contributed by atoms with Crippen molar-refractivity contribution in [2.24, 2.45) is 5.73 Å². The first-order chi connectivity index (χ1) is 7.37. The fourth-order valence-electron chi connectivity index (χ4n) is 1.16. The summed E-state index contributed by atoms with van der Waals surface area (Å²) >= 11 is 0. The van der Waals surface area contributed by atoms with Gasteiger partial charge in [-0.15, -0.1) is 0 Å². The number of hydrogen-bond acceptors (Lipinski definition) is 4. The molecule has 5 nitrogen and oxygen atoms in total. The molecule has 0 bridgehead atoms. The molecule has 0 aromatic carbocycles. The smallest absolute Gasteiger partial charge is 0.238 e. The Morgan fingerprint density at radius 2 is 1.94 bits per heavy atom. The van der Waals surface area contributed by atoms with E-state index in [9.17, 15) is 13.2 Å².